The van der Waals surface area contributed by atoms with Gasteiger partial charge in [-0.3, -0.25) is 0 Å². The lowest BCUT2D eigenvalue weighted by Gasteiger charge is -2.11. The van der Waals surface area contributed by atoms with Gasteiger partial charge in [-0.05, 0) is 63.7 Å². The van der Waals surface area contributed by atoms with E-state index in [2.05, 4.69) is 162 Å². The van der Waals surface area contributed by atoms with Crippen molar-refractivity contribution in [3.05, 3.63) is 194 Å². The number of hydrogen-bond acceptors (Lipinski definition) is 3. The Morgan fingerprint density at radius 1 is 0.255 bits per heavy atom. The summed E-state index contributed by atoms with van der Waals surface area (Å²) in [6, 6.07) is 68.6. The monoisotopic (exact) mass is 700 g/mol. The minimum absolute atomic E-state index is 0.638. The smallest absolute Gasteiger partial charge is 0.164 e. The second-order valence-corrected chi connectivity index (χ2v) is 14.1. The Hall–Kier alpha value is -7.43. The van der Waals surface area contributed by atoms with E-state index < -0.39 is 0 Å². The highest BCUT2D eigenvalue weighted by molar-refractivity contribution is 6.23. The third kappa shape index (κ3) is 5.26. The van der Waals surface area contributed by atoms with Crippen LogP contribution < -0.4 is 0 Å². The second-order valence-electron chi connectivity index (χ2n) is 14.1. The first kappa shape index (κ1) is 31.1. The molecule has 0 saturated heterocycles. The van der Waals surface area contributed by atoms with Crippen LogP contribution in [-0.4, -0.2) is 19.4 Å². The summed E-state index contributed by atoms with van der Waals surface area (Å²) in [7, 11) is 0. The molecule has 0 saturated carbocycles. The molecular formula is C51H32N4. The molecule has 0 aliphatic heterocycles. The maximum absolute atomic E-state index is 5.10. The first-order chi connectivity index (χ1) is 27.2. The van der Waals surface area contributed by atoms with E-state index in [4.69, 9.17) is 15.0 Å². The fraction of sp³-hybridized carbons (Fsp3) is 0. The van der Waals surface area contributed by atoms with Gasteiger partial charge in [-0.15, -0.1) is 0 Å². The molecule has 0 N–H and O–H groups in total. The zero-order valence-corrected chi connectivity index (χ0v) is 29.8. The van der Waals surface area contributed by atoms with E-state index in [0.717, 1.165) is 38.9 Å². The highest BCUT2D eigenvalue weighted by Gasteiger charge is 2.18. The zero-order chi connectivity index (χ0) is 36.3. The number of fused-ring (bicyclic) bond motifs is 6. The van der Waals surface area contributed by atoms with Crippen molar-refractivity contribution in [1.82, 2.24) is 19.4 Å². The van der Waals surface area contributed by atoms with E-state index in [1.165, 1.54) is 49.2 Å². The van der Waals surface area contributed by atoms with Gasteiger partial charge in [-0.2, -0.15) is 0 Å². The summed E-state index contributed by atoms with van der Waals surface area (Å²) < 4.78 is 2.42. The standard InChI is InChI=1S/C51H32N4/c1-3-12-33(13-4-1)37-16-9-17-38(30-37)34-24-26-36(27-25-34)50-52-49(35-14-5-2-6-15-35)53-51(54-50)41-19-10-18-39(31-41)40-28-29-47-45(32-40)44-22-11-21-43-42-20-7-8-23-46(42)55(47)48(43)44/h1-32H. The maximum Gasteiger partial charge on any atom is 0.164 e. The van der Waals surface area contributed by atoms with Gasteiger partial charge < -0.3 is 4.40 Å². The van der Waals surface area contributed by atoms with Crippen molar-refractivity contribution < 1.29 is 0 Å². The molecule has 0 spiro atoms. The molecule has 0 unspecified atom stereocenters. The molecule has 0 radical (unpaired) electrons. The van der Waals surface area contributed by atoms with Crippen molar-refractivity contribution in [2.45, 2.75) is 0 Å². The molecule has 0 amide bonds. The SMILES string of the molecule is c1ccc(-c2cccc(-c3ccc(-c4nc(-c5ccccc5)nc(-c5cccc(-c6ccc7c(c6)c6cccc8c9ccccc9n7c86)c5)n4)cc3)c2)cc1. The lowest BCUT2D eigenvalue weighted by atomic mass is 9.98. The Morgan fingerprint density at radius 3 is 1.36 bits per heavy atom. The van der Waals surface area contributed by atoms with E-state index in [1.807, 2.05) is 36.4 Å². The molecule has 0 bridgehead atoms. The summed E-state index contributed by atoms with van der Waals surface area (Å²) in [4.78, 5) is 15.1. The number of benzene rings is 8. The molecule has 0 atom stereocenters. The minimum Gasteiger partial charge on any atom is -0.308 e. The van der Waals surface area contributed by atoms with Gasteiger partial charge in [-0.1, -0.05) is 164 Å². The molecule has 11 rings (SSSR count). The summed E-state index contributed by atoms with van der Waals surface area (Å²) in [5.41, 5.74) is 13.5. The van der Waals surface area contributed by atoms with Crippen molar-refractivity contribution >= 4 is 38.1 Å². The predicted molar refractivity (Wildman–Crippen MR) is 227 cm³/mol. The normalized spacial score (nSPS) is 11.6. The van der Waals surface area contributed by atoms with Crippen LogP contribution >= 0.6 is 0 Å². The van der Waals surface area contributed by atoms with Gasteiger partial charge >= 0.3 is 0 Å². The Kier molecular flexibility index (Phi) is 7.14. The van der Waals surface area contributed by atoms with E-state index in [-0.39, 0.29) is 0 Å². The number of aromatic nitrogens is 4. The third-order valence-electron chi connectivity index (χ3n) is 10.8. The molecule has 55 heavy (non-hydrogen) atoms. The fourth-order valence-electron chi connectivity index (χ4n) is 8.12. The molecule has 8 aromatic carbocycles. The summed E-state index contributed by atoms with van der Waals surface area (Å²) in [6.07, 6.45) is 0. The fourth-order valence-corrected chi connectivity index (χ4v) is 8.12. The van der Waals surface area contributed by atoms with E-state index in [1.54, 1.807) is 0 Å². The van der Waals surface area contributed by atoms with Crippen LogP contribution in [0, 0.1) is 0 Å². The van der Waals surface area contributed by atoms with Crippen molar-refractivity contribution in [2.24, 2.45) is 0 Å². The van der Waals surface area contributed by atoms with E-state index in [0.29, 0.717) is 17.5 Å². The second kappa shape index (κ2) is 12.6. The minimum atomic E-state index is 0.638. The third-order valence-corrected chi connectivity index (χ3v) is 10.8. The van der Waals surface area contributed by atoms with Crippen LogP contribution in [0.15, 0.2) is 194 Å². The predicted octanol–water partition coefficient (Wildman–Crippen LogP) is 13.0. The van der Waals surface area contributed by atoms with Crippen LogP contribution in [0.25, 0.3) is 106 Å². The number of rotatable bonds is 6. The van der Waals surface area contributed by atoms with Gasteiger partial charge in [0, 0.05) is 38.2 Å². The van der Waals surface area contributed by atoms with E-state index >= 15 is 0 Å². The summed E-state index contributed by atoms with van der Waals surface area (Å²) in [6.45, 7) is 0. The highest BCUT2D eigenvalue weighted by Crippen LogP contribution is 2.40. The summed E-state index contributed by atoms with van der Waals surface area (Å²) in [5, 5.41) is 5.10. The molecule has 0 fully saturated rings. The molecule has 3 heterocycles. The Morgan fingerprint density at radius 2 is 0.655 bits per heavy atom. The first-order valence-electron chi connectivity index (χ1n) is 18.6. The average molecular weight is 701 g/mol. The van der Waals surface area contributed by atoms with Crippen LogP contribution in [0.4, 0.5) is 0 Å². The maximum atomic E-state index is 5.10. The average Bonchev–Trinajstić information content (AvgIpc) is 3.79. The van der Waals surface area contributed by atoms with Gasteiger partial charge in [0.15, 0.2) is 17.5 Å². The Bertz CT molecular complexity index is 3180. The molecule has 0 aliphatic carbocycles. The van der Waals surface area contributed by atoms with Crippen LogP contribution in [0.1, 0.15) is 0 Å². The van der Waals surface area contributed by atoms with Crippen molar-refractivity contribution in [3.63, 3.8) is 0 Å². The molecular weight excluding hydrogens is 669 g/mol. The van der Waals surface area contributed by atoms with Crippen LogP contribution in [-0.2, 0) is 0 Å². The Balaban J connectivity index is 0.988. The topological polar surface area (TPSA) is 43.1 Å². The molecule has 0 aliphatic rings. The Labute approximate surface area is 318 Å². The molecule has 4 heteroatoms. The zero-order valence-electron chi connectivity index (χ0n) is 29.8. The molecule has 3 aromatic heterocycles. The van der Waals surface area contributed by atoms with Crippen LogP contribution in [0.3, 0.4) is 0 Å². The van der Waals surface area contributed by atoms with Gasteiger partial charge in [0.1, 0.15) is 0 Å². The van der Waals surface area contributed by atoms with E-state index in [9.17, 15) is 0 Å². The molecule has 4 nitrogen and oxygen atoms in total. The quantitative estimate of drug-likeness (QED) is 0.173. The lowest BCUT2D eigenvalue weighted by Crippen LogP contribution is -2.00. The van der Waals surface area contributed by atoms with Gasteiger partial charge in [0.05, 0.1) is 16.6 Å². The number of hydrogen-bond donors (Lipinski definition) is 0. The van der Waals surface area contributed by atoms with Gasteiger partial charge in [0.25, 0.3) is 0 Å². The molecule has 11 aromatic rings. The summed E-state index contributed by atoms with van der Waals surface area (Å²) >= 11 is 0. The largest absolute Gasteiger partial charge is 0.308 e. The van der Waals surface area contributed by atoms with Crippen LogP contribution in [0.5, 0.6) is 0 Å². The highest BCUT2D eigenvalue weighted by atomic mass is 15.0. The van der Waals surface area contributed by atoms with Gasteiger partial charge in [0.2, 0.25) is 0 Å². The van der Waals surface area contributed by atoms with Crippen molar-refractivity contribution in [1.29, 1.82) is 0 Å². The lowest BCUT2D eigenvalue weighted by molar-refractivity contribution is 1.07. The summed E-state index contributed by atoms with van der Waals surface area (Å²) in [5.74, 6) is 1.92. The van der Waals surface area contributed by atoms with Crippen molar-refractivity contribution in [3.8, 4) is 67.5 Å². The van der Waals surface area contributed by atoms with Gasteiger partial charge in [-0.25, -0.2) is 15.0 Å². The van der Waals surface area contributed by atoms with Crippen LogP contribution in [0.2, 0.25) is 0 Å². The van der Waals surface area contributed by atoms with Crippen molar-refractivity contribution in [2.75, 3.05) is 0 Å². The number of para-hydroxylation sites is 2. The first-order valence-corrected chi connectivity index (χ1v) is 18.6. The number of nitrogens with zero attached hydrogens (tertiary/aromatic N) is 4. The molecule has 256 valence electrons.